The van der Waals surface area contributed by atoms with Crippen molar-refractivity contribution >= 4 is 0 Å². The molecule has 88 valence electrons. The van der Waals surface area contributed by atoms with Gasteiger partial charge < -0.3 is 10.3 Å². The second-order valence-electron chi connectivity index (χ2n) is 3.86. The molecule has 16 heavy (non-hydrogen) atoms. The van der Waals surface area contributed by atoms with E-state index in [4.69, 9.17) is 12.2 Å². The highest BCUT2D eigenvalue weighted by Crippen LogP contribution is 2.12. The highest BCUT2D eigenvalue weighted by molar-refractivity contribution is 5.09. The van der Waals surface area contributed by atoms with E-state index in [1.54, 1.807) is 0 Å². The minimum Gasteiger partial charge on any atom is -0.333 e. The minimum atomic E-state index is 0.0125. The van der Waals surface area contributed by atoms with Crippen LogP contribution in [0, 0.1) is 12.3 Å². The van der Waals surface area contributed by atoms with Crippen molar-refractivity contribution in [2.24, 2.45) is 5.73 Å². The van der Waals surface area contributed by atoms with E-state index in [-0.39, 0.29) is 12.1 Å². The number of aryl methyl sites for hydroxylation is 1. The molecule has 1 heterocycles. The second kappa shape index (κ2) is 6.31. The first-order valence-corrected chi connectivity index (χ1v) is 5.65. The molecular weight excluding hydrogens is 200 g/mol. The van der Waals surface area contributed by atoms with Gasteiger partial charge in [-0.05, 0) is 13.3 Å². The number of nitrogens with one attached hydrogen (secondary N) is 1. The van der Waals surface area contributed by atoms with Crippen molar-refractivity contribution in [3.8, 4) is 12.3 Å². The first-order valence-electron chi connectivity index (χ1n) is 5.65. The Balaban J connectivity index is 2.78. The summed E-state index contributed by atoms with van der Waals surface area (Å²) in [6, 6.07) is 0.0821. The highest BCUT2D eigenvalue weighted by Gasteiger charge is 2.15. The van der Waals surface area contributed by atoms with E-state index in [0.717, 1.165) is 18.7 Å². The van der Waals surface area contributed by atoms with Gasteiger partial charge in [0, 0.05) is 19.3 Å². The molecule has 0 amide bonds. The Kier molecular flexibility index (Phi) is 5.03. The monoisotopic (exact) mass is 220 g/mol. The average Bonchev–Trinajstić information content (AvgIpc) is 2.74. The van der Waals surface area contributed by atoms with Crippen molar-refractivity contribution in [3.05, 3.63) is 18.2 Å². The van der Waals surface area contributed by atoms with Crippen molar-refractivity contribution in [1.29, 1.82) is 0 Å². The van der Waals surface area contributed by atoms with Gasteiger partial charge in [-0.2, -0.15) is 0 Å². The quantitative estimate of drug-likeness (QED) is 0.700. The van der Waals surface area contributed by atoms with E-state index in [9.17, 15) is 0 Å². The fourth-order valence-corrected chi connectivity index (χ4v) is 1.67. The normalized spacial score (nSPS) is 14.4. The number of rotatable bonds is 6. The molecule has 3 N–H and O–H groups in total. The number of hydrogen-bond donors (Lipinski definition) is 2. The first-order chi connectivity index (χ1) is 7.72. The standard InChI is InChI=1S/C12H20N4/c1-4-6-16-9-14-8-12(16)11(7-13)15-10(3)5-2/h2,8-11,15H,4,6-7,13H2,1,3H3. The Labute approximate surface area is 97.2 Å². The van der Waals surface area contributed by atoms with Gasteiger partial charge in [0.05, 0.1) is 24.1 Å². The van der Waals surface area contributed by atoms with Crippen LogP contribution >= 0.6 is 0 Å². The summed E-state index contributed by atoms with van der Waals surface area (Å²) in [5.41, 5.74) is 6.86. The molecule has 0 fully saturated rings. The Hall–Kier alpha value is -1.31. The Morgan fingerprint density at radius 2 is 2.44 bits per heavy atom. The number of nitrogens with zero attached hydrogens (tertiary/aromatic N) is 2. The molecule has 0 radical (unpaired) electrons. The number of nitrogens with two attached hydrogens (primary N) is 1. The van der Waals surface area contributed by atoms with E-state index in [0.29, 0.717) is 6.54 Å². The number of aromatic nitrogens is 2. The van der Waals surface area contributed by atoms with Gasteiger partial charge in [-0.1, -0.05) is 12.8 Å². The molecule has 0 saturated carbocycles. The molecule has 4 heteroatoms. The summed E-state index contributed by atoms with van der Waals surface area (Å²) < 4.78 is 2.12. The van der Waals surface area contributed by atoms with E-state index in [2.05, 4.69) is 27.7 Å². The average molecular weight is 220 g/mol. The van der Waals surface area contributed by atoms with Crippen LogP contribution < -0.4 is 11.1 Å². The summed E-state index contributed by atoms with van der Waals surface area (Å²) in [7, 11) is 0. The Morgan fingerprint density at radius 1 is 1.69 bits per heavy atom. The summed E-state index contributed by atoms with van der Waals surface area (Å²) in [6.45, 7) is 5.56. The van der Waals surface area contributed by atoms with E-state index < -0.39 is 0 Å². The van der Waals surface area contributed by atoms with Gasteiger partial charge in [0.1, 0.15) is 0 Å². The summed E-state index contributed by atoms with van der Waals surface area (Å²) in [6.07, 6.45) is 10.1. The topological polar surface area (TPSA) is 55.9 Å². The molecule has 2 atom stereocenters. The molecule has 0 spiro atoms. The number of terminal acetylenes is 1. The smallest absolute Gasteiger partial charge is 0.0948 e. The van der Waals surface area contributed by atoms with Gasteiger partial charge >= 0.3 is 0 Å². The maximum atomic E-state index is 5.76. The maximum Gasteiger partial charge on any atom is 0.0948 e. The van der Waals surface area contributed by atoms with Crippen LogP contribution in [-0.4, -0.2) is 22.1 Å². The van der Waals surface area contributed by atoms with Crippen LogP contribution in [0.4, 0.5) is 0 Å². The molecule has 0 aromatic carbocycles. The maximum absolute atomic E-state index is 5.76. The molecule has 2 unspecified atom stereocenters. The molecule has 0 bridgehead atoms. The molecule has 1 aromatic heterocycles. The predicted octanol–water partition coefficient (Wildman–Crippen LogP) is 0.904. The lowest BCUT2D eigenvalue weighted by molar-refractivity contribution is 0.481. The van der Waals surface area contributed by atoms with Crippen LogP contribution in [0.3, 0.4) is 0 Å². The first kappa shape index (κ1) is 12.8. The van der Waals surface area contributed by atoms with E-state index in [1.807, 2.05) is 19.4 Å². The van der Waals surface area contributed by atoms with Crippen molar-refractivity contribution in [1.82, 2.24) is 14.9 Å². The lowest BCUT2D eigenvalue weighted by Crippen LogP contribution is -2.35. The van der Waals surface area contributed by atoms with Gasteiger partial charge in [0.15, 0.2) is 0 Å². The summed E-state index contributed by atoms with van der Waals surface area (Å²) in [5.74, 6) is 2.65. The van der Waals surface area contributed by atoms with Gasteiger partial charge in [0.2, 0.25) is 0 Å². The summed E-state index contributed by atoms with van der Waals surface area (Å²) >= 11 is 0. The Morgan fingerprint density at radius 3 is 3.00 bits per heavy atom. The van der Waals surface area contributed by atoms with Crippen LogP contribution in [-0.2, 0) is 6.54 Å². The van der Waals surface area contributed by atoms with E-state index in [1.165, 1.54) is 0 Å². The van der Waals surface area contributed by atoms with Crippen molar-refractivity contribution in [2.75, 3.05) is 6.54 Å². The fraction of sp³-hybridized carbons (Fsp3) is 0.583. The van der Waals surface area contributed by atoms with Crippen LogP contribution in [0.2, 0.25) is 0 Å². The predicted molar refractivity (Wildman–Crippen MR) is 65.7 cm³/mol. The van der Waals surface area contributed by atoms with Gasteiger partial charge in [-0.15, -0.1) is 6.42 Å². The van der Waals surface area contributed by atoms with Crippen molar-refractivity contribution < 1.29 is 0 Å². The molecule has 0 saturated heterocycles. The lowest BCUT2D eigenvalue weighted by atomic mass is 10.2. The SMILES string of the molecule is C#CC(C)NC(CN)c1cncn1CCC. The minimum absolute atomic E-state index is 0.0125. The number of hydrogen-bond acceptors (Lipinski definition) is 3. The summed E-state index contributed by atoms with van der Waals surface area (Å²) in [4.78, 5) is 4.16. The molecule has 0 aliphatic heterocycles. The van der Waals surface area contributed by atoms with Gasteiger partial charge in [-0.25, -0.2) is 4.98 Å². The molecular formula is C12H20N4. The van der Waals surface area contributed by atoms with Crippen LogP contribution in [0.5, 0.6) is 0 Å². The lowest BCUT2D eigenvalue weighted by Gasteiger charge is -2.20. The van der Waals surface area contributed by atoms with Gasteiger partial charge in [-0.3, -0.25) is 5.32 Å². The van der Waals surface area contributed by atoms with Gasteiger partial charge in [0.25, 0.3) is 0 Å². The molecule has 0 aliphatic carbocycles. The fourth-order valence-electron chi connectivity index (χ4n) is 1.67. The zero-order chi connectivity index (χ0) is 12.0. The third-order valence-corrected chi connectivity index (χ3v) is 2.50. The second-order valence-corrected chi connectivity index (χ2v) is 3.86. The van der Waals surface area contributed by atoms with Crippen LogP contribution in [0.1, 0.15) is 32.0 Å². The van der Waals surface area contributed by atoms with Crippen LogP contribution in [0.25, 0.3) is 0 Å². The third-order valence-electron chi connectivity index (χ3n) is 2.50. The van der Waals surface area contributed by atoms with Crippen molar-refractivity contribution in [3.63, 3.8) is 0 Å². The highest BCUT2D eigenvalue weighted by atomic mass is 15.1. The summed E-state index contributed by atoms with van der Waals surface area (Å²) in [5, 5.41) is 3.30. The third kappa shape index (κ3) is 3.09. The largest absolute Gasteiger partial charge is 0.333 e. The Bertz CT molecular complexity index is 350. The zero-order valence-corrected chi connectivity index (χ0v) is 9.98. The zero-order valence-electron chi connectivity index (χ0n) is 9.98. The molecule has 0 aliphatic rings. The van der Waals surface area contributed by atoms with Crippen molar-refractivity contribution in [2.45, 2.75) is 38.9 Å². The van der Waals surface area contributed by atoms with Crippen LogP contribution in [0.15, 0.2) is 12.5 Å². The molecule has 1 rings (SSSR count). The van der Waals surface area contributed by atoms with E-state index >= 15 is 0 Å². The molecule has 1 aromatic rings. The number of imidazole rings is 1. The molecule has 4 nitrogen and oxygen atoms in total.